The molecule has 38 heavy (non-hydrogen) atoms. The Morgan fingerprint density at radius 2 is 1.97 bits per heavy atom. The minimum absolute atomic E-state index is 0.0279. The van der Waals surface area contributed by atoms with Gasteiger partial charge in [-0.2, -0.15) is 0 Å². The molecule has 1 unspecified atom stereocenters. The number of terminal acetylenes is 1. The van der Waals surface area contributed by atoms with Crippen LogP contribution in [0.1, 0.15) is 48.5 Å². The fourth-order valence-electron chi connectivity index (χ4n) is 6.21. The summed E-state index contributed by atoms with van der Waals surface area (Å²) in [4.78, 5) is 23.2. The normalized spacial score (nSPS) is 22.2. The van der Waals surface area contributed by atoms with Gasteiger partial charge >= 0.3 is 0 Å². The molecule has 4 aliphatic rings. The number of hydrogen-bond donors (Lipinski definition) is 1. The first-order chi connectivity index (χ1) is 18.6. The predicted octanol–water partition coefficient (Wildman–Crippen LogP) is 3.67. The number of anilines is 3. The van der Waals surface area contributed by atoms with E-state index >= 15 is 0 Å². The molecule has 8 nitrogen and oxygen atoms in total. The molecule has 0 spiro atoms. The molecule has 1 aromatic heterocycles. The van der Waals surface area contributed by atoms with Crippen LogP contribution in [0.25, 0.3) is 0 Å². The Hall–Kier alpha value is -3.54. The van der Waals surface area contributed by atoms with Gasteiger partial charge in [-0.1, -0.05) is 12.5 Å². The van der Waals surface area contributed by atoms with Crippen molar-refractivity contribution in [1.29, 1.82) is 0 Å². The second-order valence-corrected chi connectivity index (χ2v) is 10.6. The minimum Gasteiger partial charge on any atom is -0.482 e. The van der Waals surface area contributed by atoms with Crippen molar-refractivity contribution in [3.63, 3.8) is 0 Å². The van der Waals surface area contributed by atoms with E-state index < -0.39 is 0 Å². The first kappa shape index (κ1) is 24.8. The molecular weight excluding hydrogens is 478 g/mol. The Morgan fingerprint density at radius 1 is 1.21 bits per heavy atom. The summed E-state index contributed by atoms with van der Waals surface area (Å²) in [5.74, 6) is 4.87. The van der Waals surface area contributed by atoms with Gasteiger partial charge in [0.05, 0.1) is 30.0 Å². The number of rotatable bonds is 4. The number of amides is 1. The van der Waals surface area contributed by atoms with Crippen LogP contribution in [0, 0.1) is 12.3 Å². The summed E-state index contributed by atoms with van der Waals surface area (Å²) in [7, 11) is 0. The average molecular weight is 514 g/mol. The molecule has 5 heterocycles. The number of benzene rings is 1. The zero-order valence-corrected chi connectivity index (χ0v) is 22.0. The molecule has 0 aliphatic carbocycles. The highest BCUT2D eigenvalue weighted by Crippen LogP contribution is 2.45. The van der Waals surface area contributed by atoms with Gasteiger partial charge in [-0.05, 0) is 68.6 Å². The lowest BCUT2D eigenvalue weighted by atomic mass is 9.87. The van der Waals surface area contributed by atoms with E-state index in [0.717, 1.165) is 93.6 Å². The van der Waals surface area contributed by atoms with E-state index in [1.807, 2.05) is 11.1 Å². The van der Waals surface area contributed by atoms with Crippen molar-refractivity contribution >= 4 is 23.1 Å². The summed E-state index contributed by atoms with van der Waals surface area (Å²) in [5, 5.41) is 3.59. The number of aromatic nitrogens is 1. The molecule has 1 amide bonds. The van der Waals surface area contributed by atoms with Crippen molar-refractivity contribution < 1.29 is 14.3 Å². The number of nitrogens with zero attached hydrogens (tertiary/aromatic N) is 4. The number of hydrogen-bond acceptors (Lipinski definition) is 7. The lowest BCUT2D eigenvalue weighted by Crippen LogP contribution is -2.61. The Bertz CT molecular complexity index is 1270. The third-order valence-corrected chi connectivity index (χ3v) is 8.41. The maximum absolute atomic E-state index is 11.8. The second-order valence-electron chi connectivity index (χ2n) is 10.6. The van der Waals surface area contributed by atoms with Gasteiger partial charge in [0.2, 0.25) is 5.91 Å². The van der Waals surface area contributed by atoms with Crippen LogP contribution in [0.2, 0.25) is 0 Å². The lowest BCUT2D eigenvalue weighted by molar-refractivity contribution is -0.133. The van der Waals surface area contributed by atoms with Crippen LogP contribution in [0.4, 0.5) is 17.2 Å². The zero-order valence-electron chi connectivity index (χ0n) is 22.0. The van der Waals surface area contributed by atoms with Crippen molar-refractivity contribution in [2.24, 2.45) is 0 Å². The smallest absolute Gasteiger partial charge is 0.246 e. The standard InChI is InChI=1S/C30H35N5O3/c1-4-21-16-23(22-7-10-33(11-8-22)24-18-35(19-24)27(36)5-2)17-25-29(21)38-20(3)28-26(6-9-31-30(28)32-25)34-12-14-37-15-13-34/h1,5-6,9,16-17,20,22,24H,2,7-8,10-15,18-19H2,3H3,(H,31,32). The lowest BCUT2D eigenvalue weighted by Gasteiger charge is -2.47. The molecule has 1 aromatic carbocycles. The quantitative estimate of drug-likeness (QED) is 0.494. The second kappa shape index (κ2) is 10.3. The molecule has 3 saturated heterocycles. The molecule has 3 fully saturated rings. The number of likely N-dealkylation sites (tertiary alicyclic amines) is 2. The molecule has 4 aliphatic heterocycles. The molecule has 1 N–H and O–H groups in total. The van der Waals surface area contributed by atoms with E-state index in [1.165, 1.54) is 11.6 Å². The SMILES string of the molecule is C#Cc1cc(C2CCN(C3CN(C(=O)C=C)C3)CC2)cc2c1OC(C)c1c(N3CCOCC3)ccnc1N2. The number of morpholine rings is 1. The van der Waals surface area contributed by atoms with Crippen LogP contribution >= 0.6 is 0 Å². The number of carbonyl (C=O) groups is 1. The molecule has 8 heteroatoms. The predicted molar refractivity (Wildman–Crippen MR) is 148 cm³/mol. The van der Waals surface area contributed by atoms with E-state index in [1.54, 1.807) is 0 Å². The maximum Gasteiger partial charge on any atom is 0.246 e. The maximum atomic E-state index is 11.8. The Morgan fingerprint density at radius 3 is 2.68 bits per heavy atom. The Kier molecular flexibility index (Phi) is 6.73. The van der Waals surface area contributed by atoms with Crippen LogP contribution < -0.4 is 15.0 Å². The highest BCUT2D eigenvalue weighted by Gasteiger charge is 2.36. The Labute approximate surface area is 224 Å². The fourth-order valence-corrected chi connectivity index (χ4v) is 6.21. The van der Waals surface area contributed by atoms with E-state index in [9.17, 15) is 4.79 Å². The highest BCUT2D eigenvalue weighted by molar-refractivity contribution is 5.87. The molecular formula is C30H35N5O3. The van der Waals surface area contributed by atoms with Crippen molar-refractivity contribution in [2.45, 2.75) is 37.8 Å². The van der Waals surface area contributed by atoms with Crippen LogP contribution in [-0.2, 0) is 9.53 Å². The van der Waals surface area contributed by atoms with Gasteiger partial charge in [0.15, 0.2) is 5.75 Å². The summed E-state index contributed by atoms with van der Waals surface area (Å²) >= 11 is 0. The number of fused-ring (bicyclic) bond motifs is 2. The van der Waals surface area contributed by atoms with E-state index in [4.69, 9.17) is 20.9 Å². The van der Waals surface area contributed by atoms with Crippen molar-refractivity contribution in [3.05, 3.63) is 53.7 Å². The average Bonchev–Trinajstić information content (AvgIpc) is 3.08. The number of carbonyl (C=O) groups excluding carboxylic acids is 1. The van der Waals surface area contributed by atoms with Crippen LogP contribution in [0.5, 0.6) is 5.75 Å². The van der Waals surface area contributed by atoms with Gasteiger partial charge in [0, 0.05) is 44.1 Å². The third kappa shape index (κ3) is 4.50. The molecule has 6 rings (SSSR count). The zero-order chi connectivity index (χ0) is 26.2. The van der Waals surface area contributed by atoms with Crippen LogP contribution in [0.15, 0.2) is 37.1 Å². The first-order valence-electron chi connectivity index (χ1n) is 13.6. The minimum atomic E-state index is -0.207. The van der Waals surface area contributed by atoms with Crippen LogP contribution in [-0.4, -0.2) is 79.2 Å². The molecule has 0 bridgehead atoms. The van der Waals surface area contributed by atoms with Gasteiger partial charge < -0.3 is 24.6 Å². The number of ether oxygens (including phenoxy) is 2. The number of nitrogens with one attached hydrogen (secondary N) is 1. The third-order valence-electron chi connectivity index (χ3n) is 8.41. The van der Waals surface area contributed by atoms with E-state index in [0.29, 0.717) is 17.7 Å². The van der Waals surface area contributed by atoms with Crippen molar-refractivity contribution in [3.8, 4) is 18.1 Å². The van der Waals surface area contributed by atoms with Gasteiger partial charge in [0.1, 0.15) is 11.9 Å². The summed E-state index contributed by atoms with van der Waals surface area (Å²) in [6.45, 7) is 12.4. The summed E-state index contributed by atoms with van der Waals surface area (Å²) in [6, 6.07) is 6.86. The van der Waals surface area contributed by atoms with Gasteiger partial charge in [-0.25, -0.2) is 4.98 Å². The molecule has 198 valence electrons. The summed E-state index contributed by atoms with van der Waals surface area (Å²) in [6.07, 6.45) is 11.2. The van der Waals surface area contributed by atoms with Gasteiger partial charge in [0.25, 0.3) is 0 Å². The summed E-state index contributed by atoms with van der Waals surface area (Å²) in [5.41, 5.74) is 5.08. The molecule has 1 atom stereocenters. The number of piperidine rings is 1. The molecule has 2 aromatic rings. The Balaban J connectivity index is 1.22. The van der Waals surface area contributed by atoms with Crippen molar-refractivity contribution in [1.82, 2.24) is 14.8 Å². The highest BCUT2D eigenvalue weighted by atomic mass is 16.5. The van der Waals surface area contributed by atoms with Crippen LogP contribution in [0.3, 0.4) is 0 Å². The first-order valence-corrected chi connectivity index (χ1v) is 13.6. The van der Waals surface area contributed by atoms with E-state index in [2.05, 4.69) is 52.7 Å². The van der Waals surface area contributed by atoms with Crippen molar-refractivity contribution in [2.75, 3.05) is 62.7 Å². The largest absolute Gasteiger partial charge is 0.482 e. The van der Waals surface area contributed by atoms with Gasteiger partial charge in [-0.3, -0.25) is 9.69 Å². The topological polar surface area (TPSA) is 70.2 Å². The van der Waals surface area contributed by atoms with E-state index in [-0.39, 0.29) is 12.0 Å². The fraction of sp³-hybridized carbons (Fsp3) is 0.467. The van der Waals surface area contributed by atoms with Gasteiger partial charge in [-0.15, -0.1) is 6.42 Å². The molecule has 0 radical (unpaired) electrons. The molecule has 0 saturated carbocycles. The number of pyridine rings is 1. The monoisotopic (exact) mass is 513 g/mol. The summed E-state index contributed by atoms with van der Waals surface area (Å²) < 4.78 is 12.1.